The van der Waals surface area contributed by atoms with Gasteiger partial charge in [0.2, 0.25) is 0 Å². The summed E-state index contributed by atoms with van der Waals surface area (Å²) in [6.07, 6.45) is 1.49. The maximum atomic E-state index is 12.7. The molecule has 1 heterocycles. The van der Waals surface area contributed by atoms with Crippen molar-refractivity contribution in [2.45, 2.75) is 6.54 Å². The average molecular weight is 260 g/mol. The van der Waals surface area contributed by atoms with Gasteiger partial charge in [-0.2, -0.15) is 0 Å². The molecule has 0 aliphatic carbocycles. The molecule has 1 aromatic carbocycles. The van der Waals surface area contributed by atoms with Gasteiger partial charge in [0.25, 0.3) is 5.91 Å². The van der Waals surface area contributed by atoms with E-state index in [1.54, 1.807) is 24.3 Å². The largest absolute Gasteiger partial charge is 0.348 e. The van der Waals surface area contributed by atoms with Gasteiger partial charge < -0.3 is 10.7 Å². The molecule has 98 valence electrons. The fraction of sp³-hybridized carbons (Fsp3) is 0.0769. The van der Waals surface area contributed by atoms with E-state index in [0.717, 1.165) is 5.56 Å². The van der Waals surface area contributed by atoms with Crippen molar-refractivity contribution in [1.82, 2.24) is 10.3 Å². The molecule has 0 aliphatic rings. The third-order valence-electron chi connectivity index (χ3n) is 2.54. The Hall–Kier alpha value is -2.47. The number of hydrogen-bond acceptors (Lipinski definition) is 4. The Bertz CT molecular complexity index is 571. The number of nitrogens with one attached hydrogen (secondary N) is 2. The minimum Gasteiger partial charge on any atom is -0.348 e. The normalized spacial score (nSPS) is 10.0. The van der Waals surface area contributed by atoms with Crippen LogP contribution in [0, 0.1) is 5.82 Å². The first-order chi connectivity index (χ1) is 9.19. The van der Waals surface area contributed by atoms with Gasteiger partial charge in [-0.3, -0.25) is 4.79 Å². The van der Waals surface area contributed by atoms with Crippen LogP contribution in [0.5, 0.6) is 0 Å². The molecule has 0 bridgehead atoms. The molecule has 1 aromatic heterocycles. The number of nitrogens with zero attached hydrogens (tertiary/aromatic N) is 1. The maximum Gasteiger partial charge on any atom is 0.251 e. The fourth-order valence-corrected chi connectivity index (χ4v) is 1.54. The lowest BCUT2D eigenvalue weighted by Crippen LogP contribution is -2.23. The number of aromatic nitrogens is 1. The van der Waals surface area contributed by atoms with Gasteiger partial charge in [0.05, 0.1) is 0 Å². The zero-order valence-corrected chi connectivity index (χ0v) is 10.1. The van der Waals surface area contributed by atoms with Crippen LogP contribution in [0.4, 0.5) is 10.2 Å². The van der Waals surface area contributed by atoms with Gasteiger partial charge in [0, 0.05) is 18.3 Å². The smallest absolute Gasteiger partial charge is 0.251 e. The maximum absolute atomic E-state index is 12.7. The van der Waals surface area contributed by atoms with Crippen molar-refractivity contribution in [1.29, 1.82) is 0 Å². The van der Waals surface area contributed by atoms with Crippen molar-refractivity contribution in [3.8, 4) is 0 Å². The minimum absolute atomic E-state index is 0.247. The summed E-state index contributed by atoms with van der Waals surface area (Å²) in [6.45, 7) is 0.326. The highest BCUT2D eigenvalue weighted by atomic mass is 19.1. The van der Waals surface area contributed by atoms with Gasteiger partial charge >= 0.3 is 0 Å². The Morgan fingerprint density at radius 1 is 1.26 bits per heavy atom. The Labute approximate surface area is 109 Å². The van der Waals surface area contributed by atoms with Crippen LogP contribution in [0.1, 0.15) is 15.9 Å². The lowest BCUT2D eigenvalue weighted by Gasteiger charge is -2.06. The molecule has 19 heavy (non-hydrogen) atoms. The number of carbonyl (C=O) groups excluding carboxylic acids is 1. The van der Waals surface area contributed by atoms with Crippen LogP contribution in [0.15, 0.2) is 42.6 Å². The summed E-state index contributed by atoms with van der Waals surface area (Å²) in [5, 5.41) is 2.73. The number of rotatable bonds is 4. The lowest BCUT2D eigenvalue weighted by atomic mass is 10.2. The number of nitrogens with two attached hydrogens (primary N) is 1. The number of hydrazine groups is 1. The Morgan fingerprint density at radius 3 is 2.68 bits per heavy atom. The van der Waals surface area contributed by atoms with Gasteiger partial charge in [-0.05, 0) is 29.8 Å². The lowest BCUT2D eigenvalue weighted by molar-refractivity contribution is 0.0951. The van der Waals surface area contributed by atoms with Gasteiger partial charge in [0.1, 0.15) is 11.6 Å². The zero-order chi connectivity index (χ0) is 13.7. The zero-order valence-electron chi connectivity index (χ0n) is 10.1. The molecule has 0 aliphatic heterocycles. The average Bonchev–Trinajstić information content (AvgIpc) is 2.46. The Morgan fingerprint density at radius 2 is 2.00 bits per heavy atom. The van der Waals surface area contributed by atoms with Gasteiger partial charge in [-0.25, -0.2) is 15.2 Å². The van der Waals surface area contributed by atoms with E-state index in [4.69, 9.17) is 5.84 Å². The minimum atomic E-state index is -0.303. The molecule has 2 rings (SSSR count). The van der Waals surface area contributed by atoms with Crippen LogP contribution < -0.4 is 16.6 Å². The van der Waals surface area contributed by atoms with E-state index in [1.807, 2.05) is 0 Å². The Kier molecular flexibility index (Phi) is 4.04. The van der Waals surface area contributed by atoms with Crippen LogP contribution in [0.2, 0.25) is 0 Å². The predicted octanol–water partition coefficient (Wildman–Crippen LogP) is 1.44. The van der Waals surface area contributed by atoms with E-state index in [-0.39, 0.29) is 11.7 Å². The number of amides is 1. The number of pyridine rings is 1. The van der Waals surface area contributed by atoms with E-state index >= 15 is 0 Å². The summed E-state index contributed by atoms with van der Waals surface area (Å²) in [5.74, 6) is 5.08. The fourth-order valence-electron chi connectivity index (χ4n) is 1.54. The third-order valence-corrected chi connectivity index (χ3v) is 2.54. The summed E-state index contributed by atoms with van der Waals surface area (Å²) in [7, 11) is 0. The van der Waals surface area contributed by atoms with Gasteiger partial charge in [-0.15, -0.1) is 0 Å². The molecule has 4 N–H and O–H groups in total. The molecular formula is C13H13FN4O. The molecule has 6 heteroatoms. The van der Waals surface area contributed by atoms with E-state index < -0.39 is 0 Å². The van der Waals surface area contributed by atoms with Crippen LogP contribution in [-0.4, -0.2) is 10.9 Å². The molecule has 0 radical (unpaired) electrons. The molecule has 0 unspecified atom stereocenters. The monoisotopic (exact) mass is 260 g/mol. The van der Waals surface area contributed by atoms with Crippen molar-refractivity contribution >= 4 is 11.7 Å². The highest BCUT2D eigenvalue weighted by Crippen LogP contribution is 2.06. The molecular weight excluding hydrogens is 247 g/mol. The van der Waals surface area contributed by atoms with Crippen LogP contribution in [0.25, 0.3) is 0 Å². The molecule has 2 aromatic rings. The van der Waals surface area contributed by atoms with E-state index in [9.17, 15) is 9.18 Å². The number of halogens is 1. The van der Waals surface area contributed by atoms with Crippen LogP contribution in [0.3, 0.4) is 0 Å². The summed E-state index contributed by atoms with van der Waals surface area (Å²) in [4.78, 5) is 15.8. The van der Waals surface area contributed by atoms with E-state index in [1.165, 1.54) is 18.3 Å². The second-order valence-electron chi connectivity index (χ2n) is 3.88. The summed E-state index contributed by atoms with van der Waals surface area (Å²) in [5.41, 5.74) is 3.64. The van der Waals surface area contributed by atoms with Crippen molar-refractivity contribution in [3.05, 3.63) is 59.5 Å². The number of hydrogen-bond donors (Lipinski definition) is 3. The molecule has 0 saturated heterocycles. The topological polar surface area (TPSA) is 80.0 Å². The van der Waals surface area contributed by atoms with Gasteiger partial charge in [-0.1, -0.05) is 12.1 Å². The predicted molar refractivity (Wildman–Crippen MR) is 69.6 cm³/mol. The first kappa shape index (κ1) is 13.0. The second-order valence-corrected chi connectivity index (χ2v) is 3.88. The first-order valence-corrected chi connectivity index (χ1v) is 5.64. The highest BCUT2D eigenvalue weighted by molar-refractivity contribution is 5.94. The van der Waals surface area contributed by atoms with Crippen molar-refractivity contribution in [3.63, 3.8) is 0 Å². The molecule has 5 nitrogen and oxygen atoms in total. The van der Waals surface area contributed by atoms with E-state index in [2.05, 4.69) is 15.7 Å². The highest BCUT2D eigenvalue weighted by Gasteiger charge is 2.06. The molecule has 0 spiro atoms. The molecule has 0 fully saturated rings. The third kappa shape index (κ3) is 3.49. The van der Waals surface area contributed by atoms with Crippen molar-refractivity contribution < 1.29 is 9.18 Å². The number of nitrogen functional groups attached to an aromatic ring is 1. The standard InChI is InChI=1S/C13H13FN4O/c14-11-3-1-9(2-4-11)8-17-13(19)10-5-6-16-12(7-10)18-15/h1-7H,8,15H2,(H,16,18)(H,17,19). The van der Waals surface area contributed by atoms with Crippen LogP contribution >= 0.6 is 0 Å². The molecule has 0 saturated carbocycles. The van der Waals surface area contributed by atoms with Crippen LogP contribution in [-0.2, 0) is 6.54 Å². The number of anilines is 1. The summed E-state index contributed by atoms with van der Waals surface area (Å²) < 4.78 is 12.7. The Balaban J connectivity index is 1.99. The summed E-state index contributed by atoms with van der Waals surface area (Å²) in [6, 6.07) is 9.07. The van der Waals surface area contributed by atoms with Gasteiger partial charge in [0.15, 0.2) is 0 Å². The SMILES string of the molecule is NNc1cc(C(=O)NCc2ccc(F)cc2)ccn1. The van der Waals surface area contributed by atoms with Crippen molar-refractivity contribution in [2.75, 3.05) is 5.43 Å². The van der Waals surface area contributed by atoms with E-state index in [0.29, 0.717) is 17.9 Å². The van der Waals surface area contributed by atoms with Crippen molar-refractivity contribution in [2.24, 2.45) is 5.84 Å². The second kappa shape index (κ2) is 5.92. The summed E-state index contributed by atoms with van der Waals surface area (Å²) >= 11 is 0. The number of carbonyl (C=O) groups is 1. The molecule has 1 amide bonds. The molecule has 0 atom stereocenters. The first-order valence-electron chi connectivity index (χ1n) is 5.64. The quantitative estimate of drug-likeness (QED) is 0.574. The number of benzene rings is 1.